The predicted molar refractivity (Wildman–Crippen MR) is 71.4 cm³/mol. The summed E-state index contributed by atoms with van der Waals surface area (Å²) in [4.78, 5) is 10.9. The summed E-state index contributed by atoms with van der Waals surface area (Å²) in [6, 6.07) is 9.67. The molecule has 1 aromatic carbocycles. The number of hydrogen-bond donors (Lipinski definition) is 3. The van der Waals surface area contributed by atoms with Gasteiger partial charge in [-0.3, -0.25) is 9.89 Å². The molecule has 0 aliphatic rings. The molecule has 5 nitrogen and oxygen atoms in total. The van der Waals surface area contributed by atoms with Crippen LogP contribution >= 0.6 is 0 Å². The number of aromatic amines is 1. The number of H-pyrrole nitrogens is 1. The van der Waals surface area contributed by atoms with Gasteiger partial charge in [0, 0.05) is 24.5 Å². The van der Waals surface area contributed by atoms with Crippen molar-refractivity contribution in [2.24, 2.45) is 0 Å². The quantitative estimate of drug-likeness (QED) is 0.774. The number of hydrogen-bond acceptors (Lipinski definition) is 3. The molecule has 0 saturated carbocycles. The molecule has 0 spiro atoms. The Balaban J connectivity index is 2.00. The summed E-state index contributed by atoms with van der Waals surface area (Å²) >= 11 is 0. The molecule has 3 N–H and O–H groups in total. The van der Waals surface area contributed by atoms with Crippen molar-refractivity contribution in [3.63, 3.8) is 0 Å². The van der Waals surface area contributed by atoms with Crippen LogP contribution in [0.15, 0.2) is 36.5 Å². The van der Waals surface area contributed by atoms with E-state index < -0.39 is 0 Å². The van der Waals surface area contributed by atoms with Crippen LogP contribution in [-0.4, -0.2) is 16.1 Å². The molecule has 0 saturated heterocycles. The monoisotopic (exact) mass is 244 g/mol. The summed E-state index contributed by atoms with van der Waals surface area (Å²) in [5, 5.41) is 12.9. The lowest BCUT2D eigenvalue weighted by Gasteiger charge is -2.13. The summed E-state index contributed by atoms with van der Waals surface area (Å²) < 4.78 is 0. The lowest BCUT2D eigenvalue weighted by Crippen LogP contribution is -2.08. The van der Waals surface area contributed by atoms with Crippen molar-refractivity contribution in [1.29, 1.82) is 0 Å². The topological polar surface area (TPSA) is 69.8 Å². The third-order valence-corrected chi connectivity index (χ3v) is 2.58. The molecule has 0 aliphatic carbocycles. The van der Waals surface area contributed by atoms with Crippen LogP contribution in [0.3, 0.4) is 0 Å². The Hall–Kier alpha value is -2.30. The van der Waals surface area contributed by atoms with Crippen molar-refractivity contribution in [2.45, 2.75) is 19.9 Å². The first kappa shape index (κ1) is 12.2. The minimum absolute atomic E-state index is 0.0680. The normalized spacial score (nSPS) is 11.9. The van der Waals surface area contributed by atoms with Gasteiger partial charge in [-0.15, -0.1) is 0 Å². The van der Waals surface area contributed by atoms with E-state index in [1.54, 1.807) is 6.20 Å². The van der Waals surface area contributed by atoms with Gasteiger partial charge in [0.15, 0.2) is 0 Å². The van der Waals surface area contributed by atoms with E-state index in [1.165, 1.54) is 6.92 Å². The molecule has 0 fully saturated rings. The number of rotatable bonds is 4. The maximum absolute atomic E-state index is 10.9. The van der Waals surface area contributed by atoms with Crippen LogP contribution in [0.25, 0.3) is 0 Å². The highest BCUT2D eigenvalue weighted by atomic mass is 16.1. The Labute approximate surface area is 106 Å². The van der Waals surface area contributed by atoms with Gasteiger partial charge in [0.25, 0.3) is 0 Å². The van der Waals surface area contributed by atoms with Crippen LogP contribution in [0.5, 0.6) is 0 Å². The number of nitrogens with one attached hydrogen (secondary N) is 3. The second-order valence-electron chi connectivity index (χ2n) is 4.14. The Morgan fingerprint density at radius 1 is 1.22 bits per heavy atom. The molecule has 1 heterocycles. The number of amides is 1. The van der Waals surface area contributed by atoms with Crippen LogP contribution in [0.1, 0.15) is 25.6 Å². The first-order valence-electron chi connectivity index (χ1n) is 5.78. The molecule has 0 aliphatic heterocycles. The Bertz CT molecular complexity index is 504. The van der Waals surface area contributed by atoms with E-state index in [0.29, 0.717) is 0 Å². The zero-order valence-electron chi connectivity index (χ0n) is 10.4. The number of benzene rings is 1. The third kappa shape index (κ3) is 3.10. The van der Waals surface area contributed by atoms with Gasteiger partial charge < -0.3 is 10.6 Å². The van der Waals surface area contributed by atoms with Crippen LogP contribution in [0, 0.1) is 0 Å². The smallest absolute Gasteiger partial charge is 0.221 e. The van der Waals surface area contributed by atoms with Crippen molar-refractivity contribution in [3.8, 4) is 0 Å². The van der Waals surface area contributed by atoms with E-state index in [2.05, 4.69) is 27.8 Å². The third-order valence-electron chi connectivity index (χ3n) is 2.58. The number of anilines is 2. The minimum Gasteiger partial charge on any atom is -0.377 e. The number of carbonyl (C=O) groups excluding carboxylic acids is 1. The molecule has 2 aromatic rings. The van der Waals surface area contributed by atoms with Gasteiger partial charge >= 0.3 is 0 Å². The SMILES string of the molecule is CC(=O)Nc1ccc(NC(C)c2ccn[nH]2)cc1. The molecule has 94 valence electrons. The lowest BCUT2D eigenvalue weighted by molar-refractivity contribution is -0.114. The van der Waals surface area contributed by atoms with Crippen molar-refractivity contribution < 1.29 is 4.79 Å². The minimum atomic E-state index is -0.0680. The van der Waals surface area contributed by atoms with Crippen molar-refractivity contribution in [3.05, 3.63) is 42.2 Å². The van der Waals surface area contributed by atoms with Crippen LogP contribution in [0.2, 0.25) is 0 Å². The van der Waals surface area contributed by atoms with Gasteiger partial charge in [-0.1, -0.05) is 0 Å². The van der Waals surface area contributed by atoms with Gasteiger partial charge in [-0.05, 0) is 37.3 Å². The summed E-state index contributed by atoms with van der Waals surface area (Å²) in [5.74, 6) is -0.0680. The molecule has 2 rings (SSSR count). The van der Waals surface area contributed by atoms with Gasteiger partial charge in [0.1, 0.15) is 0 Å². The predicted octanol–water partition coefficient (Wildman–Crippen LogP) is 2.54. The van der Waals surface area contributed by atoms with Crippen LogP contribution < -0.4 is 10.6 Å². The van der Waals surface area contributed by atoms with Crippen molar-refractivity contribution in [1.82, 2.24) is 10.2 Å². The first-order chi connectivity index (χ1) is 8.65. The fourth-order valence-corrected chi connectivity index (χ4v) is 1.69. The molecule has 1 atom stereocenters. The average molecular weight is 244 g/mol. The first-order valence-corrected chi connectivity index (χ1v) is 5.78. The number of carbonyl (C=O) groups is 1. The maximum atomic E-state index is 10.9. The summed E-state index contributed by atoms with van der Waals surface area (Å²) in [5.41, 5.74) is 2.81. The van der Waals surface area contributed by atoms with E-state index in [9.17, 15) is 4.79 Å². The summed E-state index contributed by atoms with van der Waals surface area (Å²) in [6.07, 6.45) is 1.73. The highest BCUT2D eigenvalue weighted by Crippen LogP contribution is 2.19. The van der Waals surface area contributed by atoms with Gasteiger partial charge in [0.2, 0.25) is 5.91 Å². The lowest BCUT2D eigenvalue weighted by atomic mass is 10.2. The largest absolute Gasteiger partial charge is 0.377 e. The van der Waals surface area contributed by atoms with E-state index in [-0.39, 0.29) is 11.9 Å². The Morgan fingerprint density at radius 3 is 2.44 bits per heavy atom. The molecular weight excluding hydrogens is 228 g/mol. The van der Waals surface area contributed by atoms with E-state index >= 15 is 0 Å². The summed E-state index contributed by atoms with van der Waals surface area (Å²) in [7, 11) is 0. The highest BCUT2D eigenvalue weighted by molar-refractivity contribution is 5.88. The number of aromatic nitrogens is 2. The molecular formula is C13H16N4O. The standard InChI is InChI=1S/C13H16N4O/c1-9(13-7-8-14-17-13)15-11-3-5-12(6-4-11)16-10(2)18/h3-9,15H,1-2H3,(H,14,17)(H,16,18). The fourth-order valence-electron chi connectivity index (χ4n) is 1.69. The average Bonchev–Trinajstić information content (AvgIpc) is 2.84. The zero-order valence-corrected chi connectivity index (χ0v) is 10.4. The molecule has 1 amide bonds. The molecule has 1 aromatic heterocycles. The Kier molecular flexibility index (Phi) is 3.62. The zero-order chi connectivity index (χ0) is 13.0. The van der Waals surface area contributed by atoms with E-state index in [4.69, 9.17) is 0 Å². The molecule has 0 bridgehead atoms. The summed E-state index contributed by atoms with van der Waals surface area (Å²) in [6.45, 7) is 3.54. The second kappa shape index (κ2) is 5.35. The van der Waals surface area contributed by atoms with Crippen LogP contribution in [0.4, 0.5) is 11.4 Å². The van der Waals surface area contributed by atoms with Crippen molar-refractivity contribution >= 4 is 17.3 Å². The second-order valence-corrected chi connectivity index (χ2v) is 4.14. The van der Waals surface area contributed by atoms with Gasteiger partial charge in [0.05, 0.1) is 11.7 Å². The van der Waals surface area contributed by atoms with E-state index in [0.717, 1.165) is 17.1 Å². The highest BCUT2D eigenvalue weighted by Gasteiger charge is 2.06. The Morgan fingerprint density at radius 2 is 1.89 bits per heavy atom. The number of nitrogens with zero attached hydrogens (tertiary/aromatic N) is 1. The van der Waals surface area contributed by atoms with Crippen LogP contribution in [-0.2, 0) is 4.79 Å². The molecule has 5 heteroatoms. The van der Waals surface area contributed by atoms with Crippen molar-refractivity contribution in [2.75, 3.05) is 10.6 Å². The fraction of sp³-hybridized carbons (Fsp3) is 0.231. The van der Waals surface area contributed by atoms with Gasteiger partial charge in [-0.25, -0.2) is 0 Å². The molecule has 18 heavy (non-hydrogen) atoms. The maximum Gasteiger partial charge on any atom is 0.221 e. The molecule has 1 unspecified atom stereocenters. The molecule has 0 radical (unpaired) electrons. The van der Waals surface area contributed by atoms with Gasteiger partial charge in [-0.2, -0.15) is 5.10 Å². The van der Waals surface area contributed by atoms with E-state index in [1.807, 2.05) is 30.3 Å².